The molecule has 3 rings (SSSR count). The Bertz CT molecular complexity index is 1040. The molecule has 0 atom stereocenters. The average Bonchev–Trinajstić information content (AvgIpc) is 3.00. The van der Waals surface area contributed by atoms with Crippen molar-refractivity contribution in [1.82, 2.24) is 9.99 Å². The molecule has 1 N–H and O–H groups in total. The van der Waals surface area contributed by atoms with E-state index in [9.17, 15) is 0 Å². The molecular formula is C23H26ClN3O2. The quantitative estimate of drug-likeness (QED) is 0.429. The van der Waals surface area contributed by atoms with Crippen molar-refractivity contribution in [2.45, 2.75) is 27.3 Å². The summed E-state index contributed by atoms with van der Waals surface area (Å²) in [6.45, 7) is 6.79. The fraction of sp³-hybridized carbons (Fsp3) is 0.261. The fourth-order valence-corrected chi connectivity index (χ4v) is 3.54. The Morgan fingerprint density at radius 2 is 1.79 bits per heavy atom. The predicted octanol–water partition coefficient (Wildman–Crippen LogP) is 5.20. The van der Waals surface area contributed by atoms with Crippen molar-refractivity contribution >= 4 is 17.8 Å². The molecular weight excluding hydrogens is 386 g/mol. The van der Waals surface area contributed by atoms with Crippen molar-refractivity contribution in [1.29, 1.82) is 0 Å². The number of hydrazone groups is 1. The summed E-state index contributed by atoms with van der Waals surface area (Å²) >= 11 is 6.31. The van der Waals surface area contributed by atoms with Gasteiger partial charge in [-0.3, -0.25) is 0 Å². The van der Waals surface area contributed by atoms with Gasteiger partial charge < -0.3 is 19.5 Å². The molecule has 1 aromatic heterocycles. The standard InChI is InChI=1S/C23H26ClN3O2/c1-15-11-19(17(3)27(15)21-8-6-7-20(24)16(21)2)14-26-25-13-18-9-10-22(28-4)23(12-18)29-5/h6-12,14,25H,13H2,1-5H3/b26-14+. The van der Waals surface area contributed by atoms with Crippen LogP contribution in [0.5, 0.6) is 11.5 Å². The number of nitrogens with one attached hydrogen (secondary N) is 1. The Balaban J connectivity index is 1.75. The highest BCUT2D eigenvalue weighted by Crippen LogP contribution is 2.28. The highest BCUT2D eigenvalue weighted by molar-refractivity contribution is 6.31. The van der Waals surface area contributed by atoms with Crippen LogP contribution in [0.25, 0.3) is 5.69 Å². The van der Waals surface area contributed by atoms with Crippen LogP contribution in [-0.2, 0) is 6.54 Å². The van der Waals surface area contributed by atoms with E-state index in [4.69, 9.17) is 21.1 Å². The van der Waals surface area contributed by atoms with Gasteiger partial charge in [-0.25, -0.2) is 0 Å². The maximum Gasteiger partial charge on any atom is 0.161 e. The van der Waals surface area contributed by atoms with E-state index in [0.29, 0.717) is 18.0 Å². The second-order valence-corrected chi connectivity index (χ2v) is 7.24. The van der Waals surface area contributed by atoms with Gasteiger partial charge in [0.15, 0.2) is 11.5 Å². The number of benzene rings is 2. The first-order valence-corrected chi connectivity index (χ1v) is 9.75. The first kappa shape index (κ1) is 20.8. The Kier molecular flexibility index (Phi) is 6.49. The smallest absolute Gasteiger partial charge is 0.161 e. The van der Waals surface area contributed by atoms with Crippen LogP contribution < -0.4 is 14.9 Å². The summed E-state index contributed by atoms with van der Waals surface area (Å²) in [5, 5.41) is 5.16. The summed E-state index contributed by atoms with van der Waals surface area (Å²) in [7, 11) is 3.26. The van der Waals surface area contributed by atoms with Gasteiger partial charge in [-0.15, -0.1) is 0 Å². The Hall–Kier alpha value is -2.92. The average molecular weight is 412 g/mol. The summed E-state index contributed by atoms with van der Waals surface area (Å²) < 4.78 is 12.8. The van der Waals surface area contributed by atoms with Gasteiger partial charge in [0, 0.05) is 27.7 Å². The second-order valence-electron chi connectivity index (χ2n) is 6.83. The van der Waals surface area contributed by atoms with Crippen molar-refractivity contribution in [3.63, 3.8) is 0 Å². The van der Waals surface area contributed by atoms with Crippen LogP contribution in [-0.4, -0.2) is 25.0 Å². The molecule has 0 radical (unpaired) electrons. The van der Waals surface area contributed by atoms with Gasteiger partial charge in [0.1, 0.15) is 0 Å². The molecule has 5 nitrogen and oxygen atoms in total. The predicted molar refractivity (Wildman–Crippen MR) is 119 cm³/mol. The van der Waals surface area contributed by atoms with Crippen molar-refractivity contribution in [3.8, 4) is 17.2 Å². The maximum absolute atomic E-state index is 6.31. The van der Waals surface area contributed by atoms with Crippen LogP contribution in [0.2, 0.25) is 5.02 Å². The minimum atomic E-state index is 0.586. The highest BCUT2D eigenvalue weighted by Gasteiger charge is 2.12. The molecule has 0 aliphatic rings. The molecule has 0 amide bonds. The molecule has 2 aromatic carbocycles. The topological polar surface area (TPSA) is 47.8 Å². The summed E-state index contributed by atoms with van der Waals surface area (Å²) in [4.78, 5) is 0. The van der Waals surface area contributed by atoms with Crippen molar-refractivity contribution < 1.29 is 9.47 Å². The van der Waals surface area contributed by atoms with Crippen molar-refractivity contribution in [2.24, 2.45) is 5.10 Å². The van der Waals surface area contributed by atoms with E-state index < -0.39 is 0 Å². The molecule has 3 aromatic rings. The van der Waals surface area contributed by atoms with Gasteiger partial charge in [-0.1, -0.05) is 23.7 Å². The number of rotatable bonds is 7. The minimum absolute atomic E-state index is 0.586. The molecule has 0 spiro atoms. The molecule has 0 aliphatic heterocycles. The molecule has 152 valence electrons. The number of hydrogen-bond donors (Lipinski definition) is 1. The second kappa shape index (κ2) is 9.05. The third-order valence-corrected chi connectivity index (χ3v) is 5.39. The summed E-state index contributed by atoms with van der Waals surface area (Å²) in [6, 6.07) is 13.9. The first-order valence-electron chi connectivity index (χ1n) is 9.37. The van der Waals surface area contributed by atoms with E-state index >= 15 is 0 Å². The normalized spacial score (nSPS) is 11.1. The molecule has 0 aliphatic carbocycles. The number of aryl methyl sites for hydroxylation is 1. The lowest BCUT2D eigenvalue weighted by Crippen LogP contribution is -2.06. The zero-order chi connectivity index (χ0) is 21.0. The zero-order valence-corrected chi connectivity index (χ0v) is 18.2. The number of halogens is 1. The lowest BCUT2D eigenvalue weighted by Gasteiger charge is -2.13. The number of aromatic nitrogens is 1. The number of methoxy groups -OCH3 is 2. The van der Waals surface area contributed by atoms with E-state index in [1.165, 1.54) is 0 Å². The third kappa shape index (κ3) is 4.40. The Morgan fingerprint density at radius 3 is 2.52 bits per heavy atom. The molecule has 0 bridgehead atoms. The van der Waals surface area contributed by atoms with Gasteiger partial charge in [-0.05, 0) is 62.2 Å². The number of ether oxygens (including phenoxy) is 2. The van der Waals surface area contributed by atoms with Crippen molar-refractivity contribution in [2.75, 3.05) is 14.2 Å². The van der Waals surface area contributed by atoms with Gasteiger partial charge >= 0.3 is 0 Å². The van der Waals surface area contributed by atoms with E-state index in [-0.39, 0.29) is 0 Å². The van der Waals surface area contributed by atoms with Crippen LogP contribution in [0.4, 0.5) is 0 Å². The molecule has 0 fully saturated rings. The third-order valence-electron chi connectivity index (χ3n) is 4.98. The van der Waals surface area contributed by atoms with Crippen LogP contribution in [0.15, 0.2) is 47.6 Å². The summed E-state index contributed by atoms with van der Waals surface area (Å²) in [5.41, 5.74) is 9.61. The van der Waals surface area contributed by atoms with E-state index in [0.717, 1.165) is 38.8 Å². The van der Waals surface area contributed by atoms with E-state index in [2.05, 4.69) is 41.1 Å². The molecule has 0 saturated heterocycles. The van der Waals surface area contributed by atoms with Gasteiger partial charge in [-0.2, -0.15) is 5.10 Å². The van der Waals surface area contributed by atoms with Gasteiger partial charge in [0.25, 0.3) is 0 Å². The summed E-state index contributed by atoms with van der Waals surface area (Å²) in [6.07, 6.45) is 1.85. The van der Waals surface area contributed by atoms with E-state index in [1.807, 2.05) is 43.5 Å². The van der Waals surface area contributed by atoms with Gasteiger partial charge in [0.05, 0.1) is 27.0 Å². The lowest BCUT2D eigenvalue weighted by molar-refractivity contribution is 0.354. The molecule has 6 heteroatoms. The SMILES string of the molecule is COc1ccc(CN/N=C/c2cc(C)n(-c3cccc(Cl)c3C)c2C)cc1OC. The first-order chi connectivity index (χ1) is 14.0. The maximum atomic E-state index is 6.31. The molecule has 0 unspecified atom stereocenters. The zero-order valence-electron chi connectivity index (χ0n) is 17.4. The van der Waals surface area contributed by atoms with Crippen molar-refractivity contribution in [3.05, 3.63) is 75.6 Å². The number of nitrogens with zero attached hydrogens (tertiary/aromatic N) is 2. The molecule has 0 saturated carbocycles. The van der Waals surface area contributed by atoms with Crippen LogP contribution in [0.1, 0.15) is 28.1 Å². The molecule has 29 heavy (non-hydrogen) atoms. The largest absolute Gasteiger partial charge is 0.493 e. The van der Waals surface area contributed by atoms with Crippen LogP contribution >= 0.6 is 11.6 Å². The fourth-order valence-electron chi connectivity index (χ4n) is 3.37. The summed E-state index contributed by atoms with van der Waals surface area (Å²) in [5.74, 6) is 1.42. The minimum Gasteiger partial charge on any atom is -0.493 e. The lowest BCUT2D eigenvalue weighted by atomic mass is 10.2. The number of hydrogen-bond acceptors (Lipinski definition) is 4. The Labute approximate surface area is 176 Å². The van der Waals surface area contributed by atoms with Gasteiger partial charge in [0.2, 0.25) is 0 Å². The monoisotopic (exact) mass is 411 g/mol. The molecule has 1 heterocycles. The Morgan fingerprint density at radius 1 is 1.03 bits per heavy atom. The van der Waals surface area contributed by atoms with Crippen LogP contribution in [0.3, 0.4) is 0 Å². The van der Waals surface area contributed by atoms with E-state index in [1.54, 1.807) is 14.2 Å². The van der Waals surface area contributed by atoms with Crippen LogP contribution in [0, 0.1) is 20.8 Å². The highest BCUT2D eigenvalue weighted by atomic mass is 35.5.